The highest BCUT2D eigenvalue weighted by molar-refractivity contribution is 6.09. The summed E-state index contributed by atoms with van der Waals surface area (Å²) in [7, 11) is 1.61. The van der Waals surface area contributed by atoms with Gasteiger partial charge in [0, 0.05) is 12.2 Å². The van der Waals surface area contributed by atoms with E-state index in [0.29, 0.717) is 19.5 Å². The molecule has 2 aromatic rings. The molecule has 6 nitrogen and oxygen atoms in total. The van der Waals surface area contributed by atoms with Crippen LogP contribution in [0.1, 0.15) is 18.4 Å². The van der Waals surface area contributed by atoms with Gasteiger partial charge in [0.15, 0.2) is 0 Å². The Morgan fingerprint density at radius 1 is 1.11 bits per heavy atom. The van der Waals surface area contributed by atoms with Gasteiger partial charge in [0.25, 0.3) is 5.91 Å². The monoisotopic (exact) mass is 366 g/mol. The van der Waals surface area contributed by atoms with Crippen LogP contribution in [0, 0.1) is 0 Å². The van der Waals surface area contributed by atoms with Crippen LogP contribution >= 0.6 is 0 Å². The molecule has 0 radical (unpaired) electrons. The molecule has 2 heterocycles. The summed E-state index contributed by atoms with van der Waals surface area (Å²) in [6.45, 7) is 1.26. The number of carbonyl (C=O) groups is 2. The molecule has 1 spiro atoms. The molecule has 0 N–H and O–H groups in total. The number of ether oxygens (including phenoxy) is 2. The van der Waals surface area contributed by atoms with Crippen LogP contribution in [0.3, 0.4) is 0 Å². The van der Waals surface area contributed by atoms with E-state index in [1.54, 1.807) is 16.9 Å². The maximum absolute atomic E-state index is 13.0. The molecule has 0 bridgehead atoms. The first-order valence-corrected chi connectivity index (χ1v) is 9.08. The van der Waals surface area contributed by atoms with E-state index in [1.165, 1.54) is 0 Å². The first-order valence-electron chi connectivity index (χ1n) is 9.08. The predicted molar refractivity (Wildman–Crippen MR) is 101 cm³/mol. The Kier molecular flexibility index (Phi) is 4.48. The topological polar surface area (TPSA) is 59.1 Å². The zero-order valence-corrected chi connectivity index (χ0v) is 15.3. The smallest absolute Gasteiger partial charge is 0.411 e. The van der Waals surface area contributed by atoms with Crippen molar-refractivity contribution >= 4 is 17.7 Å². The Balaban J connectivity index is 1.43. The fourth-order valence-corrected chi connectivity index (χ4v) is 3.86. The van der Waals surface area contributed by atoms with E-state index >= 15 is 0 Å². The summed E-state index contributed by atoms with van der Waals surface area (Å²) in [6, 6.07) is 16.9. The number of hydrogen-bond acceptors (Lipinski definition) is 4. The van der Waals surface area contributed by atoms with Crippen molar-refractivity contribution in [3.05, 3.63) is 60.2 Å². The summed E-state index contributed by atoms with van der Waals surface area (Å²) in [5.74, 6) is 0.704. The summed E-state index contributed by atoms with van der Waals surface area (Å²) < 4.78 is 10.6. The highest BCUT2D eigenvalue weighted by Gasteiger charge is 2.60. The van der Waals surface area contributed by atoms with Crippen LogP contribution in [0.25, 0.3) is 0 Å². The molecule has 140 valence electrons. The van der Waals surface area contributed by atoms with Gasteiger partial charge in [-0.2, -0.15) is 0 Å². The van der Waals surface area contributed by atoms with E-state index in [2.05, 4.69) is 0 Å². The minimum Gasteiger partial charge on any atom is -0.497 e. The lowest BCUT2D eigenvalue weighted by Crippen LogP contribution is -2.73. The van der Waals surface area contributed by atoms with Crippen molar-refractivity contribution in [1.29, 1.82) is 0 Å². The number of nitrogens with zero attached hydrogens (tertiary/aromatic N) is 2. The second-order valence-corrected chi connectivity index (χ2v) is 6.92. The largest absolute Gasteiger partial charge is 0.497 e. The Hall–Kier alpha value is -3.02. The van der Waals surface area contributed by atoms with Gasteiger partial charge in [-0.1, -0.05) is 30.3 Å². The maximum Gasteiger partial charge on any atom is 0.411 e. The van der Waals surface area contributed by atoms with E-state index in [4.69, 9.17) is 9.47 Å². The quantitative estimate of drug-likeness (QED) is 0.780. The summed E-state index contributed by atoms with van der Waals surface area (Å²) in [6.07, 6.45) is 1.07. The van der Waals surface area contributed by atoms with Crippen molar-refractivity contribution in [1.82, 2.24) is 4.90 Å². The van der Waals surface area contributed by atoms with Gasteiger partial charge >= 0.3 is 6.09 Å². The molecule has 0 saturated carbocycles. The maximum atomic E-state index is 13.0. The van der Waals surface area contributed by atoms with Crippen LogP contribution < -0.4 is 9.64 Å². The number of β-lactam (4-membered cyclic amide) rings is 1. The van der Waals surface area contributed by atoms with E-state index in [0.717, 1.165) is 23.4 Å². The minimum absolute atomic E-state index is 0.0400. The van der Waals surface area contributed by atoms with Crippen LogP contribution in [0.2, 0.25) is 0 Å². The zero-order chi connectivity index (χ0) is 18.9. The van der Waals surface area contributed by atoms with Crippen LogP contribution in [-0.4, -0.2) is 42.6 Å². The summed E-state index contributed by atoms with van der Waals surface area (Å²) >= 11 is 0. The Morgan fingerprint density at radius 3 is 2.52 bits per heavy atom. The lowest BCUT2D eigenvalue weighted by molar-refractivity contribution is -0.135. The highest BCUT2D eigenvalue weighted by Crippen LogP contribution is 2.41. The third kappa shape index (κ3) is 3.01. The Bertz CT molecular complexity index is 837. The van der Waals surface area contributed by atoms with Gasteiger partial charge in [0.05, 0.1) is 13.7 Å². The third-order valence-electron chi connectivity index (χ3n) is 5.36. The molecule has 0 aliphatic carbocycles. The van der Waals surface area contributed by atoms with E-state index in [-0.39, 0.29) is 12.5 Å². The molecule has 0 unspecified atom stereocenters. The first kappa shape index (κ1) is 17.4. The molecule has 1 atom stereocenters. The SMILES string of the molecule is COc1ccc(N2C[C@]3(CCCN3C(=O)OCc3ccccc3)C2=O)cc1. The van der Waals surface area contributed by atoms with Crippen molar-refractivity contribution in [3.63, 3.8) is 0 Å². The second-order valence-electron chi connectivity index (χ2n) is 6.92. The number of methoxy groups -OCH3 is 1. The van der Waals surface area contributed by atoms with Crippen molar-refractivity contribution < 1.29 is 19.1 Å². The second kappa shape index (κ2) is 6.95. The first-order chi connectivity index (χ1) is 13.1. The molecule has 2 aliphatic heterocycles. The number of amides is 2. The predicted octanol–water partition coefficient (Wildman–Crippen LogP) is 3.21. The molecule has 2 saturated heterocycles. The molecule has 2 amide bonds. The van der Waals surface area contributed by atoms with Crippen LogP contribution in [0.4, 0.5) is 10.5 Å². The van der Waals surface area contributed by atoms with Gasteiger partial charge in [-0.25, -0.2) is 4.79 Å². The van der Waals surface area contributed by atoms with Crippen molar-refractivity contribution in [3.8, 4) is 5.75 Å². The molecule has 4 rings (SSSR count). The van der Waals surface area contributed by atoms with E-state index in [1.807, 2.05) is 54.6 Å². The Morgan fingerprint density at radius 2 is 1.85 bits per heavy atom. The standard InChI is InChI=1S/C21H22N2O4/c1-26-18-10-8-17(9-11-18)22-15-21(19(22)24)12-5-13-23(21)20(25)27-14-16-6-3-2-4-7-16/h2-4,6-11H,5,12-15H2,1H3/t21-/m1/s1. The number of benzene rings is 2. The van der Waals surface area contributed by atoms with Crippen molar-refractivity contribution in [2.75, 3.05) is 25.1 Å². The van der Waals surface area contributed by atoms with Crippen LogP contribution in [0.5, 0.6) is 5.75 Å². The molecule has 2 fully saturated rings. The fourth-order valence-electron chi connectivity index (χ4n) is 3.86. The third-order valence-corrected chi connectivity index (χ3v) is 5.36. The fraction of sp³-hybridized carbons (Fsp3) is 0.333. The lowest BCUT2D eigenvalue weighted by Gasteiger charge is -2.50. The van der Waals surface area contributed by atoms with Gasteiger partial charge in [-0.3, -0.25) is 9.69 Å². The zero-order valence-electron chi connectivity index (χ0n) is 15.3. The van der Waals surface area contributed by atoms with E-state index in [9.17, 15) is 9.59 Å². The van der Waals surface area contributed by atoms with Gasteiger partial charge in [-0.15, -0.1) is 0 Å². The number of carbonyl (C=O) groups excluding carboxylic acids is 2. The minimum atomic E-state index is -0.756. The normalized spacial score (nSPS) is 21.3. The van der Waals surface area contributed by atoms with Crippen molar-refractivity contribution in [2.45, 2.75) is 25.0 Å². The summed E-state index contributed by atoms with van der Waals surface area (Å²) in [5.41, 5.74) is 0.989. The van der Waals surface area contributed by atoms with Gasteiger partial charge in [-0.05, 0) is 42.7 Å². The molecule has 0 aromatic heterocycles. The molecule has 6 heteroatoms. The van der Waals surface area contributed by atoms with Gasteiger partial charge in [0.1, 0.15) is 17.9 Å². The molecule has 27 heavy (non-hydrogen) atoms. The molecular formula is C21H22N2O4. The summed E-state index contributed by atoms with van der Waals surface area (Å²) in [5, 5.41) is 0. The molecule has 2 aliphatic rings. The number of anilines is 1. The number of hydrogen-bond donors (Lipinski definition) is 0. The van der Waals surface area contributed by atoms with Crippen LogP contribution in [-0.2, 0) is 16.1 Å². The van der Waals surface area contributed by atoms with Gasteiger partial charge < -0.3 is 14.4 Å². The Labute approximate surface area is 158 Å². The van der Waals surface area contributed by atoms with Gasteiger partial charge in [0.2, 0.25) is 0 Å². The number of rotatable bonds is 4. The highest BCUT2D eigenvalue weighted by atomic mass is 16.6. The molecular weight excluding hydrogens is 344 g/mol. The number of likely N-dealkylation sites (tertiary alicyclic amines) is 1. The molecule has 2 aromatic carbocycles. The lowest BCUT2D eigenvalue weighted by atomic mass is 9.85. The summed E-state index contributed by atoms with van der Waals surface area (Å²) in [4.78, 5) is 28.9. The van der Waals surface area contributed by atoms with Crippen LogP contribution in [0.15, 0.2) is 54.6 Å². The average molecular weight is 366 g/mol. The van der Waals surface area contributed by atoms with Crippen molar-refractivity contribution in [2.24, 2.45) is 0 Å². The van der Waals surface area contributed by atoms with E-state index < -0.39 is 11.6 Å². The average Bonchev–Trinajstić information content (AvgIpc) is 3.18.